The number of aromatic nitrogens is 2. The second kappa shape index (κ2) is 8.47. The molecular weight excluding hydrogens is 401 g/mol. The van der Waals surface area contributed by atoms with Crippen molar-refractivity contribution in [3.05, 3.63) is 41.3 Å². The highest BCUT2D eigenvalue weighted by Gasteiger charge is 2.30. The Morgan fingerprint density at radius 1 is 1.28 bits per heavy atom. The third-order valence-corrected chi connectivity index (χ3v) is 7.21. The van der Waals surface area contributed by atoms with Gasteiger partial charge in [0.25, 0.3) is 5.89 Å². The summed E-state index contributed by atoms with van der Waals surface area (Å²) in [4.78, 5) is 4.30. The van der Waals surface area contributed by atoms with Crippen LogP contribution in [0.2, 0.25) is 0 Å². The van der Waals surface area contributed by atoms with E-state index in [1.54, 1.807) is 6.92 Å². The Bertz CT molecular complexity index is 951. The lowest BCUT2D eigenvalue weighted by Crippen LogP contribution is -2.40. The van der Waals surface area contributed by atoms with Gasteiger partial charge in [0.1, 0.15) is 18.5 Å². The van der Waals surface area contributed by atoms with Crippen molar-refractivity contribution in [3.8, 4) is 0 Å². The van der Waals surface area contributed by atoms with Gasteiger partial charge in [-0.25, -0.2) is 12.8 Å². The fraction of sp³-hybridized carbons (Fsp3) is 0.579. The molecule has 0 amide bonds. The zero-order valence-electron chi connectivity index (χ0n) is 16.2. The minimum atomic E-state index is -3.71. The van der Waals surface area contributed by atoms with Gasteiger partial charge < -0.3 is 14.0 Å². The highest BCUT2D eigenvalue weighted by molar-refractivity contribution is 7.89. The molecule has 8 nitrogen and oxygen atoms in total. The molecule has 0 saturated carbocycles. The molecule has 0 N–H and O–H groups in total. The molecule has 4 rings (SSSR count). The van der Waals surface area contributed by atoms with Gasteiger partial charge in [-0.15, -0.1) is 0 Å². The molecule has 2 aliphatic heterocycles. The number of hydrogen-bond acceptors (Lipinski definition) is 7. The van der Waals surface area contributed by atoms with Gasteiger partial charge in [0.2, 0.25) is 10.0 Å². The van der Waals surface area contributed by atoms with E-state index in [4.69, 9.17) is 14.0 Å². The van der Waals surface area contributed by atoms with Crippen LogP contribution in [-0.4, -0.2) is 48.7 Å². The molecule has 158 valence electrons. The third-order valence-electron chi connectivity index (χ3n) is 5.32. The average molecular weight is 425 g/mol. The van der Waals surface area contributed by atoms with Crippen molar-refractivity contribution in [2.24, 2.45) is 0 Å². The lowest BCUT2D eigenvalue weighted by Gasteiger charge is -2.31. The van der Waals surface area contributed by atoms with E-state index < -0.39 is 15.8 Å². The predicted molar refractivity (Wildman–Crippen MR) is 99.9 cm³/mol. The predicted octanol–water partition coefficient (Wildman–Crippen LogP) is 2.74. The number of aryl methyl sites for hydroxylation is 1. The number of ether oxygens (including phenoxy) is 2. The van der Waals surface area contributed by atoms with E-state index in [2.05, 4.69) is 10.1 Å². The molecule has 2 aliphatic rings. The Labute approximate surface area is 169 Å². The highest BCUT2D eigenvalue weighted by atomic mass is 32.2. The minimum absolute atomic E-state index is 0.0200. The van der Waals surface area contributed by atoms with E-state index in [1.165, 1.54) is 16.4 Å². The van der Waals surface area contributed by atoms with Crippen LogP contribution in [0.4, 0.5) is 4.39 Å². The Morgan fingerprint density at radius 3 is 2.76 bits per heavy atom. The van der Waals surface area contributed by atoms with Gasteiger partial charge in [0.05, 0.1) is 11.0 Å². The van der Waals surface area contributed by atoms with Gasteiger partial charge in [0, 0.05) is 19.7 Å². The highest BCUT2D eigenvalue weighted by Crippen LogP contribution is 2.27. The van der Waals surface area contributed by atoms with Crippen molar-refractivity contribution in [1.29, 1.82) is 0 Å². The first kappa shape index (κ1) is 20.4. The van der Waals surface area contributed by atoms with Crippen LogP contribution in [0.25, 0.3) is 0 Å². The van der Waals surface area contributed by atoms with E-state index in [0.717, 1.165) is 18.9 Å². The van der Waals surface area contributed by atoms with Crippen molar-refractivity contribution in [3.63, 3.8) is 0 Å². The summed E-state index contributed by atoms with van der Waals surface area (Å²) in [5.74, 6) is 0.416. The zero-order valence-corrected chi connectivity index (χ0v) is 17.0. The molecule has 1 aromatic heterocycles. The summed E-state index contributed by atoms with van der Waals surface area (Å²) in [7, 11) is -3.71. The fourth-order valence-corrected chi connectivity index (χ4v) is 5.03. The minimum Gasteiger partial charge on any atom is -0.370 e. The first-order valence-electron chi connectivity index (χ1n) is 9.75. The second-order valence-electron chi connectivity index (χ2n) is 7.38. The Hall–Kier alpha value is -1.88. The Morgan fingerprint density at radius 2 is 2.07 bits per heavy atom. The Balaban J connectivity index is 1.29. The van der Waals surface area contributed by atoms with Crippen molar-refractivity contribution in [2.45, 2.75) is 56.3 Å². The average Bonchev–Trinajstić information content (AvgIpc) is 3.40. The molecule has 0 radical (unpaired) electrons. The fourth-order valence-electron chi connectivity index (χ4n) is 3.54. The first-order chi connectivity index (χ1) is 13.9. The topological polar surface area (TPSA) is 94.8 Å². The van der Waals surface area contributed by atoms with Crippen LogP contribution < -0.4 is 0 Å². The summed E-state index contributed by atoms with van der Waals surface area (Å²) in [6.07, 6.45) is 2.72. The van der Waals surface area contributed by atoms with Crippen LogP contribution in [0.5, 0.6) is 0 Å². The number of hydrogen-bond donors (Lipinski definition) is 0. The van der Waals surface area contributed by atoms with E-state index in [-0.39, 0.29) is 23.7 Å². The molecule has 1 unspecified atom stereocenters. The van der Waals surface area contributed by atoms with Gasteiger partial charge in [-0.2, -0.15) is 9.29 Å². The lowest BCUT2D eigenvalue weighted by molar-refractivity contribution is 0.00636. The molecule has 2 saturated heterocycles. The number of rotatable bonds is 6. The summed E-state index contributed by atoms with van der Waals surface area (Å²) in [6, 6.07) is 4.00. The molecule has 1 atom stereocenters. The SMILES string of the molecule is Cc1ccc(S(=O)(=O)N2CCC(OCc3noc(C4CCCO4)n3)CC2)cc1F. The molecule has 1 aromatic carbocycles. The molecule has 0 aliphatic carbocycles. The maximum Gasteiger partial charge on any atom is 0.255 e. The van der Waals surface area contributed by atoms with Crippen LogP contribution in [0.3, 0.4) is 0 Å². The number of benzene rings is 1. The number of halogens is 1. The van der Waals surface area contributed by atoms with E-state index in [9.17, 15) is 12.8 Å². The third kappa shape index (κ3) is 4.50. The van der Waals surface area contributed by atoms with Crippen molar-refractivity contribution < 1.29 is 26.8 Å². The van der Waals surface area contributed by atoms with Crippen LogP contribution in [0.1, 0.15) is 49.1 Å². The molecular formula is C19H24FN3O5S. The van der Waals surface area contributed by atoms with Crippen molar-refractivity contribution >= 4 is 10.0 Å². The molecule has 2 aromatic rings. The largest absolute Gasteiger partial charge is 0.370 e. The summed E-state index contributed by atoms with van der Waals surface area (Å²) in [6.45, 7) is 3.14. The lowest BCUT2D eigenvalue weighted by atomic mass is 10.1. The first-order valence-corrected chi connectivity index (χ1v) is 11.2. The van der Waals surface area contributed by atoms with Gasteiger partial charge in [-0.3, -0.25) is 0 Å². The van der Waals surface area contributed by atoms with Gasteiger partial charge in [0.15, 0.2) is 5.82 Å². The van der Waals surface area contributed by atoms with Gasteiger partial charge in [-0.1, -0.05) is 11.2 Å². The molecule has 0 spiro atoms. The maximum absolute atomic E-state index is 13.8. The normalized spacial score (nSPS) is 21.7. The smallest absolute Gasteiger partial charge is 0.255 e. The zero-order chi connectivity index (χ0) is 20.4. The number of nitrogens with zero attached hydrogens (tertiary/aromatic N) is 3. The summed E-state index contributed by atoms with van der Waals surface area (Å²) in [5.41, 5.74) is 0.417. The van der Waals surface area contributed by atoms with Crippen LogP contribution >= 0.6 is 0 Å². The van der Waals surface area contributed by atoms with Crippen LogP contribution in [-0.2, 0) is 26.1 Å². The standard InChI is InChI=1S/C19H24FN3O5S/c1-13-4-5-15(11-16(13)20)29(24,25)23-8-6-14(7-9-23)27-12-18-21-19(28-22-18)17-3-2-10-26-17/h4-5,11,14,17H,2-3,6-10,12H2,1H3. The quantitative estimate of drug-likeness (QED) is 0.702. The van der Waals surface area contributed by atoms with E-state index >= 15 is 0 Å². The summed E-state index contributed by atoms with van der Waals surface area (Å²) in [5, 5.41) is 3.92. The summed E-state index contributed by atoms with van der Waals surface area (Å²) < 4.78 is 57.2. The van der Waals surface area contributed by atoms with Gasteiger partial charge in [-0.05, 0) is 50.3 Å². The molecule has 0 bridgehead atoms. The van der Waals surface area contributed by atoms with Gasteiger partial charge >= 0.3 is 0 Å². The molecule has 3 heterocycles. The molecule has 29 heavy (non-hydrogen) atoms. The van der Waals surface area contributed by atoms with Crippen LogP contribution in [0.15, 0.2) is 27.6 Å². The second-order valence-corrected chi connectivity index (χ2v) is 9.31. The van der Waals surface area contributed by atoms with Crippen molar-refractivity contribution in [1.82, 2.24) is 14.4 Å². The van der Waals surface area contributed by atoms with E-state index in [0.29, 0.717) is 49.8 Å². The van der Waals surface area contributed by atoms with Crippen LogP contribution in [0, 0.1) is 12.7 Å². The summed E-state index contributed by atoms with van der Waals surface area (Å²) >= 11 is 0. The Kier molecular flexibility index (Phi) is 5.95. The van der Waals surface area contributed by atoms with E-state index in [1.807, 2.05) is 0 Å². The number of piperidine rings is 1. The molecule has 2 fully saturated rings. The van der Waals surface area contributed by atoms with Crippen molar-refractivity contribution in [2.75, 3.05) is 19.7 Å². The monoisotopic (exact) mass is 425 g/mol. The maximum atomic E-state index is 13.8. The molecule has 10 heteroatoms. The number of sulfonamides is 1.